The second-order valence-corrected chi connectivity index (χ2v) is 11.0. The highest BCUT2D eigenvalue weighted by Gasteiger charge is 2.44. The van der Waals surface area contributed by atoms with Gasteiger partial charge in [0.25, 0.3) is 5.91 Å². The highest BCUT2D eigenvalue weighted by atomic mass is 79.9. The van der Waals surface area contributed by atoms with Crippen molar-refractivity contribution in [2.45, 2.75) is 26.3 Å². The highest BCUT2D eigenvalue weighted by Crippen LogP contribution is 2.44. The van der Waals surface area contributed by atoms with E-state index in [2.05, 4.69) is 29.8 Å². The summed E-state index contributed by atoms with van der Waals surface area (Å²) in [7, 11) is 3.08. The van der Waals surface area contributed by atoms with E-state index >= 15 is 0 Å². The molecule has 5 rings (SSSR count). The quantitative estimate of drug-likeness (QED) is 0.206. The lowest BCUT2D eigenvalue weighted by Gasteiger charge is -2.26. The summed E-state index contributed by atoms with van der Waals surface area (Å²) in [5, 5.41) is 0.702. The van der Waals surface area contributed by atoms with E-state index in [1.54, 1.807) is 55.6 Å². The van der Waals surface area contributed by atoms with Gasteiger partial charge in [-0.2, -0.15) is 0 Å². The average molecular weight is 613 g/mol. The first kappa shape index (κ1) is 27.1. The summed E-state index contributed by atoms with van der Waals surface area (Å²) in [5.41, 5.74) is 1.43. The van der Waals surface area contributed by atoms with Crippen molar-refractivity contribution < 1.29 is 23.4 Å². The Balaban J connectivity index is 1.70. The lowest BCUT2D eigenvalue weighted by atomic mass is 9.97. The molecular formula is C30H27BrClNO6. The van der Waals surface area contributed by atoms with E-state index < -0.39 is 11.9 Å². The molecule has 1 unspecified atom stereocenters. The molecule has 1 atom stereocenters. The zero-order valence-corrected chi connectivity index (χ0v) is 24.3. The fourth-order valence-corrected chi connectivity index (χ4v) is 5.32. The number of ether oxygens (including phenoxy) is 3. The minimum Gasteiger partial charge on any atom is -0.495 e. The highest BCUT2D eigenvalue weighted by molar-refractivity contribution is 9.10. The number of methoxy groups -OCH3 is 2. The molecule has 1 aromatic heterocycles. The van der Waals surface area contributed by atoms with Gasteiger partial charge in [-0.3, -0.25) is 14.5 Å². The van der Waals surface area contributed by atoms with Crippen molar-refractivity contribution in [3.63, 3.8) is 0 Å². The number of benzene rings is 3. The summed E-state index contributed by atoms with van der Waals surface area (Å²) in [6, 6.07) is 14.8. The SMILES string of the molecule is COc1ccc(N2C(=O)c3oc4ccc(Br)cc4c(=O)c3C2c2ccc(OCCC(C)C)c(OC)c2)cc1Cl. The standard InChI is InChI=1S/C30H27BrClNO6/c1-16(2)11-12-38-24-8-5-17(13-25(24)37-4)27-26-28(34)20-14-18(31)6-9-22(20)39-29(26)30(35)33(27)19-7-10-23(36-3)21(32)15-19/h5-10,13-16,27H,11-12H2,1-4H3. The number of nitrogens with zero attached hydrogens (tertiary/aromatic N) is 1. The second-order valence-electron chi connectivity index (χ2n) is 9.65. The van der Waals surface area contributed by atoms with Crippen molar-refractivity contribution in [1.82, 2.24) is 0 Å². The molecule has 9 heteroatoms. The molecule has 0 saturated heterocycles. The fourth-order valence-electron chi connectivity index (χ4n) is 4.71. The molecule has 202 valence electrons. The molecule has 1 aliphatic heterocycles. The largest absolute Gasteiger partial charge is 0.495 e. The molecule has 3 aromatic carbocycles. The summed E-state index contributed by atoms with van der Waals surface area (Å²) in [6.07, 6.45) is 0.894. The van der Waals surface area contributed by atoms with Crippen molar-refractivity contribution in [2.24, 2.45) is 5.92 Å². The zero-order valence-electron chi connectivity index (χ0n) is 21.9. The van der Waals surface area contributed by atoms with Crippen molar-refractivity contribution in [2.75, 3.05) is 25.7 Å². The molecule has 0 radical (unpaired) electrons. The van der Waals surface area contributed by atoms with Crippen LogP contribution in [-0.2, 0) is 0 Å². The summed E-state index contributed by atoms with van der Waals surface area (Å²) >= 11 is 9.87. The molecule has 0 bridgehead atoms. The van der Waals surface area contributed by atoms with Crippen LogP contribution in [0.4, 0.5) is 5.69 Å². The molecule has 2 heterocycles. The maximum Gasteiger partial charge on any atom is 0.295 e. The Morgan fingerprint density at radius 1 is 0.974 bits per heavy atom. The number of carbonyl (C=O) groups excluding carboxylic acids is 1. The number of rotatable bonds is 8. The molecule has 7 nitrogen and oxygen atoms in total. The fraction of sp³-hybridized carbons (Fsp3) is 0.267. The number of amides is 1. The first-order valence-electron chi connectivity index (χ1n) is 12.5. The molecule has 4 aromatic rings. The van der Waals surface area contributed by atoms with Crippen LogP contribution < -0.4 is 24.5 Å². The number of anilines is 1. The van der Waals surface area contributed by atoms with Crippen molar-refractivity contribution in [1.29, 1.82) is 0 Å². The van der Waals surface area contributed by atoms with Crippen LogP contribution in [0.5, 0.6) is 17.2 Å². The predicted octanol–water partition coefficient (Wildman–Crippen LogP) is 7.40. The zero-order chi connectivity index (χ0) is 27.8. The Kier molecular flexibility index (Phi) is 7.60. The summed E-state index contributed by atoms with van der Waals surface area (Å²) in [5.74, 6) is 1.58. The molecule has 0 spiro atoms. The van der Waals surface area contributed by atoms with E-state index in [0.717, 1.165) is 10.9 Å². The third kappa shape index (κ3) is 4.99. The van der Waals surface area contributed by atoms with Crippen LogP contribution in [0.1, 0.15) is 48.0 Å². The van der Waals surface area contributed by atoms with Gasteiger partial charge in [-0.05, 0) is 66.4 Å². The van der Waals surface area contributed by atoms with E-state index in [9.17, 15) is 9.59 Å². The Labute approximate surface area is 239 Å². The third-order valence-corrected chi connectivity index (χ3v) is 7.49. The summed E-state index contributed by atoms with van der Waals surface area (Å²) < 4.78 is 23.7. The van der Waals surface area contributed by atoms with Gasteiger partial charge in [-0.15, -0.1) is 0 Å². The van der Waals surface area contributed by atoms with Crippen molar-refractivity contribution in [3.05, 3.63) is 91.2 Å². The van der Waals surface area contributed by atoms with Crippen molar-refractivity contribution >= 4 is 50.1 Å². The summed E-state index contributed by atoms with van der Waals surface area (Å²) in [6.45, 7) is 4.80. The molecular weight excluding hydrogens is 586 g/mol. The second kappa shape index (κ2) is 10.9. The van der Waals surface area contributed by atoms with E-state index in [1.807, 2.05) is 6.07 Å². The number of hydrogen-bond acceptors (Lipinski definition) is 6. The van der Waals surface area contributed by atoms with E-state index in [-0.39, 0.29) is 16.8 Å². The van der Waals surface area contributed by atoms with Crippen LogP contribution >= 0.6 is 27.5 Å². The van der Waals surface area contributed by atoms with Gasteiger partial charge in [0, 0.05) is 10.2 Å². The number of carbonyl (C=O) groups is 1. The number of fused-ring (bicyclic) bond motifs is 2. The Morgan fingerprint density at radius 3 is 2.41 bits per heavy atom. The van der Waals surface area contributed by atoms with Gasteiger partial charge in [-0.25, -0.2) is 0 Å². The van der Waals surface area contributed by atoms with Crippen LogP contribution in [0.25, 0.3) is 11.0 Å². The van der Waals surface area contributed by atoms with Crippen LogP contribution in [0, 0.1) is 5.92 Å². The third-order valence-electron chi connectivity index (χ3n) is 6.70. The van der Waals surface area contributed by atoms with E-state index in [4.69, 9.17) is 30.2 Å². The molecule has 0 N–H and O–H groups in total. The van der Waals surface area contributed by atoms with Gasteiger partial charge in [0.1, 0.15) is 11.3 Å². The van der Waals surface area contributed by atoms with Crippen LogP contribution in [0.3, 0.4) is 0 Å². The van der Waals surface area contributed by atoms with Crippen LogP contribution in [-0.4, -0.2) is 26.7 Å². The molecule has 39 heavy (non-hydrogen) atoms. The Hall–Kier alpha value is -3.49. The maximum atomic E-state index is 13.9. The van der Waals surface area contributed by atoms with Gasteiger partial charge < -0.3 is 18.6 Å². The van der Waals surface area contributed by atoms with E-state index in [0.29, 0.717) is 57.0 Å². The normalized spacial score (nSPS) is 14.7. The predicted molar refractivity (Wildman–Crippen MR) is 155 cm³/mol. The molecule has 0 saturated carbocycles. The van der Waals surface area contributed by atoms with Crippen LogP contribution in [0.15, 0.2) is 68.3 Å². The molecule has 1 aliphatic rings. The Morgan fingerprint density at radius 2 is 1.72 bits per heavy atom. The minimum absolute atomic E-state index is 0.0111. The molecule has 1 amide bonds. The van der Waals surface area contributed by atoms with Crippen molar-refractivity contribution in [3.8, 4) is 17.2 Å². The topological polar surface area (TPSA) is 78.2 Å². The van der Waals surface area contributed by atoms with Gasteiger partial charge >= 0.3 is 0 Å². The first-order valence-corrected chi connectivity index (χ1v) is 13.6. The number of hydrogen-bond donors (Lipinski definition) is 0. The van der Waals surface area contributed by atoms with Gasteiger partial charge in [0.15, 0.2) is 16.9 Å². The summed E-state index contributed by atoms with van der Waals surface area (Å²) in [4.78, 5) is 29.3. The van der Waals surface area contributed by atoms with Gasteiger partial charge in [0.05, 0.1) is 42.8 Å². The lowest BCUT2D eigenvalue weighted by Crippen LogP contribution is -2.29. The van der Waals surface area contributed by atoms with Crippen LogP contribution in [0.2, 0.25) is 5.02 Å². The van der Waals surface area contributed by atoms with Gasteiger partial charge in [-0.1, -0.05) is 47.4 Å². The van der Waals surface area contributed by atoms with E-state index in [1.165, 1.54) is 12.0 Å². The maximum absolute atomic E-state index is 13.9. The minimum atomic E-state index is -0.796. The molecule has 0 fully saturated rings. The first-order chi connectivity index (χ1) is 18.7. The van der Waals surface area contributed by atoms with Gasteiger partial charge in [0.2, 0.25) is 5.76 Å². The Bertz CT molecular complexity index is 1630. The lowest BCUT2D eigenvalue weighted by molar-refractivity contribution is 0.0971. The molecule has 0 aliphatic carbocycles. The monoisotopic (exact) mass is 611 g/mol. The smallest absolute Gasteiger partial charge is 0.295 e. The average Bonchev–Trinajstić information content (AvgIpc) is 3.21. The number of halogens is 2.